The van der Waals surface area contributed by atoms with Crippen LogP contribution in [0.25, 0.3) is 0 Å². The number of pyridine rings is 1. The van der Waals surface area contributed by atoms with Crippen molar-refractivity contribution >= 4 is 11.6 Å². The topological polar surface area (TPSA) is 93.3 Å². The Morgan fingerprint density at radius 2 is 2.14 bits per heavy atom. The minimum atomic E-state index is -0.750. The maximum Gasteiger partial charge on any atom is 0.335 e. The van der Waals surface area contributed by atoms with Gasteiger partial charge in [-0.05, 0) is 18.6 Å². The molecule has 78 valence electrons. The van der Waals surface area contributed by atoms with Crippen molar-refractivity contribution in [1.82, 2.24) is 4.98 Å². The number of rotatable bonds is 2. The van der Waals surface area contributed by atoms with E-state index in [0.717, 1.165) is 11.3 Å². The third-order valence-corrected chi connectivity index (χ3v) is 1.51. The number of aliphatic hydroxyl groups is 1. The molecule has 1 rings (SSSR count). The van der Waals surface area contributed by atoms with E-state index in [1.54, 1.807) is 6.20 Å². The molecule has 0 aliphatic heterocycles. The van der Waals surface area contributed by atoms with Crippen LogP contribution >= 0.6 is 0 Å². The summed E-state index contributed by atoms with van der Waals surface area (Å²) in [5.74, 6) is 0. The quantitative estimate of drug-likeness (QED) is 0.708. The monoisotopic (exact) mass is 216 g/mol. The first-order chi connectivity index (χ1) is 6.65. The molecule has 1 atom stereocenters. The van der Waals surface area contributed by atoms with Crippen molar-refractivity contribution in [3.8, 4) is 0 Å². The fourth-order valence-corrected chi connectivity index (χ4v) is 0.792. The van der Waals surface area contributed by atoms with Crippen LogP contribution in [0.15, 0.2) is 18.3 Å². The minimum Gasteiger partial charge on any atom is -0.394 e. The van der Waals surface area contributed by atoms with E-state index in [0.29, 0.717) is 0 Å². The number of aromatic nitrogens is 1. The first kappa shape index (κ1) is 12.9. The van der Waals surface area contributed by atoms with Gasteiger partial charge in [-0.1, -0.05) is 6.07 Å². The predicted octanol–water partition coefficient (Wildman–Crippen LogP) is -0.288. The van der Waals surface area contributed by atoms with Crippen LogP contribution in [-0.2, 0) is 11.6 Å². The summed E-state index contributed by atoms with van der Waals surface area (Å²) in [6.07, 6.45) is 1.74. The molecule has 1 aromatic rings. The fourth-order valence-electron chi connectivity index (χ4n) is 0.792. The maximum atomic E-state index is 8.69. The molecule has 0 radical (unpaired) electrons. The van der Waals surface area contributed by atoms with Crippen molar-refractivity contribution < 1.29 is 13.5 Å². The predicted molar refractivity (Wildman–Crippen MR) is 51.9 cm³/mol. The van der Waals surface area contributed by atoms with Gasteiger partial charge in [0.05, 0.1) is 18.3 Å². The van der Waals surface area contributed by atoms with Gasteiger partial charge in [0.15, 0.2) is 0 Å². The van der Waals surface area contributed by atoms with Gasteiger partial charge in [-0.25, -0.2) is 0 Å². The van der Waals surface area contributed by atoms with E-state index in [-0.39, 0.29) is 12.6 Å². The van der Waals surface area contributed by atoms with Crippen molar-refractivity contribution in [2.45, 2.75) is 13.0 Å². The van der Waals surface area contributed by atoms with E-state index in [4.69, 9.17) is 19.3 Å². The molecule has 0 bridgehead atoms. The Bertz CT molecular complexity index is 296. The lowest BCUT2D eigenvalue weighted by atomic mass is 10.2. The normalized spacial score (nSPS) is 11.1. The van der Waals surface area contributed by atoms with Gasteiger partial charge >= 0.3 is 11.6 Å². The second-order valence-electron chi connectivity index (χ2n) is 2.62. The van der Waals surface area contributed by atoms with E-state index >= 15 is 0 Å². The summed E-state index contributed by atoms with van der Waals surface area (Å²) >= 11 is -0.750. The summed E-state index contributed by atoms with van der Waals surface area (Å²) < 4.78 is 16.6. The summed E-state index contributed by atoms with van der Waals surface area (Å²) in [7, 11) is 0. The molecule has 0 aliphatic rings. The average molecular weight is 216 g/mol. The smallest absolute Gasteiger partial charge is 0.335 e. The summed E-state index contributed by atoms with van der Waals surface area (Å²) in [4.78, 5) is 4.06. The Morgan fingerprint density at radius 1 is 1.57 bits per heavy atom. The van der Waals surface area contributed by atoms with Crippen molar-refractivity contribution in [3.63, 3.8) is 0 Å². The molecule has 0 saturated carbocycles. The molecule has 14 heavy (non-hydrogen) atoms. The molecule has 1 aromatic heterocycles. The maximum absolute atomic E-state index is 8.69. The molecule has 0 aromatic carbocycles. The third kappa shape index (κ3) is 4.80. The number of hydrogen-bond donors (Lipinski definition) is 2. The van der Waals surface area contributed by atoms with Gasteiger partial charge < -0.3 is 10.8 Å². The van der Waals surface area contributed by atoms with Crippen LogP contribution in [0.3, 0.4) is 0 Å². The van der Waals surface area contributed by atoms with Crippen LogP contribution in [0.4, 0.5) is 0 Å². The molecule has 0 amide bonds. The molecular weight excluding hydrogens is 204 g/mol. The first-order valence-corrected chi connectivity index (χ1v) is 4.53. The third-order valence-electron chi connectivity index (χ3n) is 1.51. The van der Waals surface area contributed by atoms with Crippen LogP contribution < -0.4 is 5.73 Å². The van der Waals surface area contributed by atoms with Crippen LogP contribution in [0.2, 0.25) is 0 Å². The lowest BCUT2D eigenvalue weighted by Gasteiger charge is -2.06. The minimum absolute atomic E-state index is 0.0595. The van der Waals surface area contributed by atoms with Crippen LogP contribution in [0, 0.1) is 6.92 Å². The van der Waals surface area contributed by atoms with Gasteiger partial charge in [-0.2, -0.15) is 8.42 Å². The summed E-state index contributed by atoms with van der Waals surface area (Å²) in [6, 6.07) is 3.41. The zero-order valence-corrected chi connectivity index (χ0v) is 8.53. The number of aryl methyl sites for hydroxylation is 1. The summed E-state index contributed by atoms with van der Waals surface area (Å²) in [5.41, 5.74) is 7.36. The van der Waals surface area contributed by atoms with E-state index < -0.39 is 11.6 Å². The van der Waals surface area contributed by atoms with E-state index in [1.807, 2.05) is 19.1 Å². The van der Waals surface area contributed by atoms with Crippen LogP contribution in [0.1, 0.15) is 17.3 Å². The zero-order valence-electron chi connectivity index (χ0n) is 7.71. The lowest BCUT2D eigenvalue weighted by Crippen LogP contribution is -2.15. The molecule has 1 heterocycles. The van der Waals surface area contributed by atoms with Gasteiger partial charge in [-0.15, -0.1) is 0 Å². The Kier molecular flexibility index (Phi) is 6.73. The summed E-state index contributed by atoms with van der Waals surface area (Å²) in [5, 5.41) is 8.69. The molecule has 3 N–H and O–H groups in total. The molecule has 0 spiro atoms. The van der Waals surface area contributed by atoms with E-state index in [9.17, 15) is 0 Å². The molecule has 6 heteroatoms. The number of aliphatic hydroxyl groups excluding tert-OH is 1. The molecule has 0 aliphatic carbocycles. The highest BCUT2D eigenvalue weighted by molar-refractivity contribution is 7.51. The molecule has 0 fully saturated rings. The molecular formula is C8H12N2O3S. The number of hydrogen-bond acceptors (Lipinski definition) is 5. The molecule has 5 nitrogen and oxygen atoms in total. The van der Waals surface area contributed by atoms with Crippen molar-refractivity contribution in [1.29, 1.82) is 0 Å². The number of nitrogens with two attached hydrogens (primary N) is 1. The number of nitrogens with zero attached hydrogens (tertiary/aromatic N) is 1. The Morgan fingerprint density at radius 3 is 2.50 bits per heavy atom. The summed E-state index contributed by atoms with van der Waals surface area (Å²) in [6.45, 7) is 1.90. The largest absolute Gasteiger partial charge is 0.394 e. The Balaban J connectivity index is 0.000000500. The van der Waals surface area contributed by atoms with Crippen LogP contribution in [0.5, 0.6) is 0 Å². The van der Waals surface area contributed by atoms with Gasteiger partial charge in [0.25, 0.3) is 0 Å². The SMILES string of the molecule is Cc1ccc([C@@H](N)CO)nc1.O=S=O. The van der Waals surface area contributed by atoms with Gasteiger partial charge in [-0.3, -0.25) is 4.98 Å². The highest BCUT2D eigenvalue weighted by Gasteiger charge is 2.03. The van der Waals surface area contributed by atoms with Gasteiger partial charge in [0, 0.05) is 6.20 Å². The van der Waals surface area contributed by atoms with Crippen LogP contribution in [-0.4, -0.2) is 25.1 Å². The van der Waals surface area contributed by atoms with E-state index in [2.05, 4.69) is 4.98 Å². The van der Waals surface area contributed by atoms with Crippen molar-refractivity contribution in [2.75, 3.05) is 6.61 Å². The Hall–Kier alpha value is -1.11. The Labute approximate surface area is 85.6 Å². The van der Waals surface area contributed by atoms with Gasteiger partial charge in [0.1, 0.15) is 0 Å². The average Bonchev–Trinajstić information content (AvgIpc) is 2.19. The second-order valence-corrected chi connectivity index (χ2v) is 2.75. The first-order valence-electron chi connectivity index (χ1n) is 3.86. The highest BCUT2D eigenvalue weighted by atomic mass is 32.1. The molecule has 0 saturated heterocycles. The standard InChI is InChI=1S/C8H12N2O.O2S/c1-6-2-3-8(10-4-6)7(9)5-11;1-3-2/h2-4,7,11H,5,9H2,1H3;/t7-;/m0./s1. The second kappa shape index (κ2) is 7.31. The van der Waals surface area contributed by atoms with E-state index in [1.165, 1.54) is 0 Å². The lowest BCUT2D eigenvalue weighted by molar-refractivity contribution is 0.266. The molecule has 0 unspecified atom stereocenters. The fraction of sp³-hybridized carbons (Fsp3) is 0.375. The highest BCUT2D eigenvalue weighted by Crippen LogP contribution is 2.05. The zero-order chi connectivity index (χ0) is 11.0. The van der Waals surface area contributed by atoms with Gasteiger partial charge in [0.2, 0.25) is 0 Å². The van der Waals surface area contributed by atoms with Crippen molar-refractivity contribution in [3.05, 3.63) is 29.6 Å². The van der Waals surface area contributed by atoms with Crippen molar-refractivity contribution in [2.24, 2.45) is 5.73 Å².